The van der Waals surface area contributed by atoms with E-state index in [0.717, 1.165) is 0 Å². The Labute approximate surface area is 111 Å². The molecule has 0 saturated carbocycles. The molecule has 1 heterocycles. The van der Waals surface area contributed by atoms with Crippen LogP contribution >= 0.6 is 0 Å². The molecule has 1 aromatic rings. The van der Waals surface area contributed by atoms with Crippen LogP contribution in [-0.4, -0.2) is 33.3 Å². The van der Waals surface area contributed by atoms with Crippen molar-refractivity contribution in [2.75, 3.05) is 23.1 Å². The quantitative estimate of drug-likeness (QED) is 0.822. The highest BCUT2D eigenvalue weighted by Gasteiger charge is 2.09. The number of pyridine rings is 1. The van der Waals surface area contributed by atoms with Crippen molar-refractivity contribution in [3.8, 4) is 5.88 Å². The second kappa shape index (κ2) is 6.58. The van der Waals surface area contributed by atoms with E-state index in [0.29, 0.717) is 23.1 Å². The minimum Gasteiger partial charge on any atom is -0.473 e. The molecule has 0 amide bonds. The molecule has 2 unspecified atom stereocenters. The van der Waals surface area contributed by atoms with Crippen LogP contribution in [0.1, 0.15) is 20.8 Å². The number of nitrogen functional groups attached to an aromatic ring is 1. The van der Waals surface area contributed by atoms with Crippen molar-refractivity contribution in [3.05, 3.63) is 12.1 Å². The first-order valence-corrected chi connectivity index (χ1v) is 7.61. The summed E-state index contributed by atoms with van der Waals surface area (Å²) in [7, 11) is -0.834. The number of hydrogen-bond donors (Lipinski definition) is 2. The van der Waals surface area contributed by atoms with E-state index in [1.807, 2.05) is 20.8 Å². The number of aromatic nitrogens is 1. The summed E-state index contributed by atoms with van der Waals surface area (Å²) in [5.74, 6) is 1.68. The molecule has 0 saturated heterocycles. The molecule has 0 spiro atoms. The zero-order valence-corrected chi connectivity index (χ0v) is 12.1. The SMILES string of the molecule is CC(CS(C)=O)Nc1ccc(N)c(OC(C)C)n1. The van der Waals surface area contributed by atoms with Crippen LogP contribution in [0.15, 0.2) is 12.1 Å². The lowest BCUT2D eigenvalue weighted by atomic mass is 10.3. The molecule has 0 fully saturated rings. The molecule has 0 radical (unpaired) electrons. The van der Waals surface area contributed by atoms with E-state index < -0.39 is 10.8 Å². The molecule has 0 aliphatic carbocycles. The predicted molar refractivity (Wildman–Crippen MR) is 76.4 cm³/mol. The zero-order chi connectivity index (χ0) is 13.7. The Hall–Kier alpha value is -1.30. The van der Waals surface area contributed by atoms with Gasteiger partial charge in [0.2, 0.25) is 5.88 Å². The van der Waals surface area contributed by atoms with Gasteiger partial charge in [-0.3, -0.25) is 4.21 Å². The lowest BCUT2D eigenvalue weighted by Crippen LogP contribution is -2.23. The van der Waals surface area contributed by atoms with E-state index in [2.05, 4.69) is 10.3 Å². The molecule has 1 aromatic heterocycles. The number of nitrogens with two attached hydrogens (primary N) is 1. The normalized spacial score (nSPS) is 14.3. The minimum atomic E-state index is -0.834. The number of rotatable bonds is 6. The molecule has 18 heavy (non-hydrogen) atoms. The number of hydrogen-bond acceptors (Lipinski definition) is 5. The van der Waals surface area contributed by atoms with Gasteiger partial charge in [-0.25, -0.2) is 0 Å². The maximum absolute atomic E-state index is 11.1. The number of ether oxygens (including phenoxy) is 1. The predicted octanol–water partition coefficient (Wildman–Crippen LogP) is 1.63. The van der Waals surface area contributed by atoms with E-state index in [4.69, 9.17) is 10.5 Å². The fourth-order valence-corrected chi connectivity index (χ4v) is 2.28. The van der Waals surface area contributed by atoms with Crippen molar-refractivity contribution >= 4 is 22.3 Å². The van der Waals surface area contributed by atoms with Gasteiger partial charge >= 0.3 is 0 Å². The van der Waals surface area contributed by atoms with Gasteiger partial charge in [0.15, 0.2) is 0 Å². The topological polar surface area (TPSA) is 77.2 Å². The third kappa shape index (κ3) is 4.91. The van der Waals surface area contributed by atoms with Crippen molar-refractivity contribution in [1.29, 1.82) is 0 Å². The van der Waals surface area contributed by atoms with Gasteiger partial charge in [-0.1, -0.05) is 0 Å². The van der Waals surface area contributed by atoms with Gasteiger partial charge in [-0.05, 0) is 32.9 Å². The lowest BCUT2D eigenvalue weighted by Gasteiger charge is -2.16. The first-order valence-electron chi connectivity index (χ1n) is 5.88. The smallest absolute Gasteiger partial charge is 0.239 e. The van der Waals surface area contributed by atoms with E-state index in [1.165, 1.54) is 0 Å². The summed E-state index contributed by atoms with van der Waals surface area (Å²) in [5.41, 5.74) is 6.30. The second-order valence-electron chi connectivity index (χ2n) is 4.54. The standard InChI is InChI=1S/C12H21N3O2S/c1-8(2)17-12-10(13)5-6-11(15-12)14-9(3)7-18(4)16/h5-6,8-9H,7,13H2,1-4H3,(H,14,15). The number of nitrogens with zero attached hydrogens (tertiary/aromatic N) is 1. The van der Waals surface area contributed by atoms with Crippen LogP contribution in [0.5, 0.6) is 5.88 Å². The fraction of sp³-hybridized carbons (Fsp3) is 0.583. The van der Waals surface area contributed by atoms with Gasteiger partial charge in [-0.2, -0.15) is 4.98 Å². The molecule has 0 aliphatic rings. The molecule has 6 heteroatoms. The summed E-state index contributed by atoms with van der Waals surface area (Å²) in [6, 6.07) is 3.62. The average Bonchev–Trinajstić information content (AvgIpc) is 2.21. The van der Waals surface area contributed by atoms with Crippen LogP contribution in [0.3, 0.4) is 0 Å². The van der Waals surface area contributed by atoms with Crippen LogP contribution in [0.4, 0.5) is 11.5 Å². The van der Waals surface area contributed by atoms with Gasteiger partial charge in [-0.15, -0.1) is 0 Å². The summed E-state index contributed by atoms with van der Waals surface area (Å²) in [6.45, 7) is 5.80. The summed E-state index contributed by atoms with van der Waals surface area (Å²) < 4.78 is 16.6. The maximum Gasteiger partial charge on any atom is 0.239 e. The molecule has 102 valence electrons. The summed E-state index contributed by atoms with van der Waals surface area (Å²) in [6.07, 6.45) is 1.71. The maximum atomic E-state index is 11.1. The van der Waals surface area contributed by atoms with Gasteiger partial charge in [0, 0.05) is 28.9 Å². The molecule has 3 N–H and O–H groups in total. The van der Waals surface area contributed by atoms with E-state index in [1.54, 1.807) is 18.4 Å². The molecular formula is C12H21N3O2S. The Bertz CT molecular complexity index is 424. The third-order valence-electron chi connectivity index (χ3n) is 2.12. The van der Waals surface area contributed by atoms with Crippen molar-refractivity contribution in [2.24, 2.45) is 0 Å². The summed E-state index contributed by atoms with van der Waals surface area (Å²) in [5, 5.41) is 3.17. The third-order valence-corrected chi connectivity index (χ3v) is 3.09. The lowest BCUT2D eigenvalue weighted by molar-refractivity contribution is 0.234. The molecule has 5 nitrogen and oxygen atoms in total. The highest BCUT2D eigenvalue weighted by atomic mass is 32.2. The van der Waals surface area contributed by atoms with E-state index >= 15 is 0 Å². The highest BCUT2D eigenvalue weighted by molar-refractivity contribution is 7.84. The highest BCUT2D eigenvalue weighted by Crippen LogP contribution is 2.22. The van der Waals surface area contributed by atoms with Crippen LogP contribution in [0.25, 0.3) is 0 Å². The van der Waals surface area contributed by atoms with Crippen molar-refractivity contribution < 1.29 is 8.95 Å². The van der Waals surface area contributed by atoms with Crippen LogP contribution < -0.4 is 15.8 Å². The van der Waals surface area contributed by atoms with Gasteiger partial charge in [0.05, 0.1) is 11.8 Å². The second-order valence-corrected chi connectivity index (χ2v) is 6.02. The zero-order valence-electron chi connectivity index (χ0n) is 11.3. The van der Waals surface area contributed by atoms with Crippen molar-refractivity contribution in [1.82, 2.24) is 4.98 Å². The Morgan fingerprint density at radius 1 is 1.44 bits per heavy atom. The summed E-state index contributed by atoms with van der Waals surface area (Å²) in [4.78, 5) is 4.30. The van der Waals surface area contributed by atoms with Crippen LogP contribution in [-0.2, 0) is 10.8 Å². The van der Waals surface area contributed by atoms with Crippen LogP contribution in [0, 0.1) is 0 Å². The molecule has 0 aromatic carbocycles. The monoisotopic (exact) mass is 271 g/mol. The van der Waals surface area contributed by atoms with Gasteiger partial charge in [0.25, 0.3) is 0 Å². The Morgan fingerprint density at radius 2 is 2.11 bits per heavy atom. The Balaban J connectivity index is 2.75. The fourth-order valence-electron chi connectivity index (χ4n) is 1.50. The van der Waals surface area contributed by atoms with Crippen molar-refractivity contribution in [3.63, 3.8) is 0 Å². The Kier molecular flexibility index (Phi) is 5.40. The van der Waals surface area contributed by atoms with E-state index in [-0.39, 0.29) is 12.1 Å². The molecule has 1 rings (SSSR count). The molecular weight excluding hydrogens is 250 g/mol. The van der Waals surface area contributed by atoms with Gasteiger partial charge in [0.1, 0.15) is 5.82 Å². The Morgan fingerprint density at radius 3 is 2.67 bits per heavy atom. The van der Waals surface area contributed by atoms with Crippen molar-refractivity contribution in [2.45, 2.75) is 32.9 Å². The first-order chi connectivity index (χ1) is 8.38. The largest absolute Gasteiger partial charge is 0.473 e. The number of nitrogens with one attached hydrogen (secondary N) is 1. The first kappa shape index (κ1) is 14.8. The summed E-state index contributed by atoms with van der Waals surface area (Å²) >= 11 is 0. The molecule has 2 atom stereocenters. The molecule has 0 aliphatic heterocycles. The van der Waals surface area contributed by atoms with E-state index in [9.17, 15) is 4.21 Å². The van der Waals surface area contributed by atoms with Crippen LogP contribution in [0.2, 0.25) is 0 Å². The van der Waals surface area contributed by atoms with Gasteiger partial charge < -0.3 is 15.8 Å². The molecule has 0 bridgehead atoms. The number of anilines is 2. The average molecular weight is 271 g/mol. The minimum absolute atomic E-state index is 0.0237.